The molecule has 0 saturated carbocycles. The van der Waals surface area contributed by atoms with Gasteiger partial charge in [-0.2, -0.15) is 0 Å². The number of hydrogen-bond donors (Lipinski definition) is 0. The number of likely N-dealkylation sites (tertiary alicyclic amines) is 1. The largest absolute Gasteiger partial charge is 0.506 e. The van der Waals surface area contributed by atoms with Crippen LogP contribution in [0.3, 0.4) is 0 Å². The standard InChI is InChI=1S/C10H19BF3N2/c1-9(11(12,13)14)7-16(3)10-5-4-6-15(2)8-10/h10H,1,4-8H2,2-3H3/q-1. The molecule has 1 aliphatic rings. The molecule has 0 bridgehead atoms. The van der Waals surface area contributed by atoms with Gasteiger partial charge in [0, 0.05) is 12.6 Å². The molecular weight excluding hydrogens is 216 g/mol. The van der Waals surface area contributed by atoms with Gasteiger partial charge in [0.2, 0.25) is 0 Å². The minimum atomic E-state index is -4.89. The molecule has 1 atom stereocenters. The number of likely N-dealkylation sites (N-methyl/N-ethyl adjacent to an activating group) is 2. The van der Waals surface area contributed by atoms with E-state index in [4.69, 9.17) is 0 Å². The summed E-state index contributed by atoms with van der Waals surface area (Å²) in [6.45, 7) is 0.0459. The van der Waals surface area contributed by atoms with E-state index in [1.807, 2.05) is 7.05 Å². The number of piperidine rings is 1. The first kappa shape index (κ1) is 13.6. The van der Waals surface area contributed by atoms with Gasteiger partial charge in [-0.05, 0) is 40.0 Å². The van der Waals surface area contributed by atoms with Gasteiger partial charge in [0.25, 0.3) is 0 Å². The van der Waals surface area contributed by atoms with E-state index in [-0.39, 0.29) is 12.6 Å². The molecule has 0 aromatic rings. The second-order valence-corrected chi connectivity index (χ2v) is 4.71. The first-order valence-corrected chi connectivity index (χ1v) is 5.57. The number of hydrogen-bond acceptors (Lipinski definition) is 2. The van der Waals surface area contributed by atoms with Crippen molar-refractivity contribution in [2.24, 2.45) is 0 Å². The third-order valence-corrected chi connectivity index (χ3v) is 3.14. The summed E-state index contributed by atoms with van der Waals surface area (Å²) < 4.78 is 37.1. The molecule has 6 heteroatoms. The smallest absolute Gasteiger partial charge is 0.445 e. The molecule has 0 radical (unpaired) electrons. The van der Waals surface area contributed by atoms with Crippen LogP contribution in [0.2, 0.25) is 0 Å². The van der Waals surface area contributed by atoms with Crippen LogP contribution in [0.5, 0.6) is 0 Å². The second kappa shape index (κ2) is 5.23. The normalized spacial score (nSPS) is 23.8. The van der Waals surface area contributed by atoms with Crippen LogP contribution < -0.4 is 0 Å². The summed E-state index contributed by atoms with van der Waals surface area (Å²) in [5.74, 6) is 0. The van der Waals surface area contributed by atoms with Gasteiger partial charge in [-0.3, -0.25) is 0 Å². The summed E-state index contributed by atoms with van der Waals surface area (Å²) in [7, 11) is 3.75. The van der Waals surface area contributed by atoms with Crippen LogP contribution in [-0.2, 0) is 0 Å². The summed E-state index contributed by atoms with van der Waals surface area (Å²) in [4.78, 5) is 3.93. The van der Waals surface area contributed by atoms with Gasteiger partial charge in [0.1, 0.15) is 0 Å². The Morgan fingerprint density at radius 1 is 1.50 bits per heavy atom. The molecule has 0 amide bonds. The maximum atomic E-state index is 12.4. The Morgan fingerprint density at radius 2 is 2.12 bits per heavy atom. The second-order valence-electron chi connectivity index (χ2n) is 4.71. The summed E-state index contributed by atoms with van der Waals surface area (Å²) in [6.07, 6.45) is 2.02. The van der Waals surface area contributed by atoms with Crippen LogP contribution >= 0.6 is 0 Å². The predicted octanol–water partition coefficient (Wildman–Crippen LogP) is 1.96. The zero-order chi connectivity index (χ0) is 12.3. The number of nitrogens with zero attached hydrogens (tertiary/aromatic N) is 2. The van der Waals surface area contributed by atoms with E-state index in [9.17, 15) is 12.9 Å². The lowest BCUT2D eigenvalue weighted by atomic mass is 9.80. The van der Waals surface area contributed by atoms with Crippen molar-refractivity contribution in [1.82, 2.24) is 9.80 Å². The molecule has 1 rings (SSSR count). The average Bonchev–Trinajstić information content (AvgIpc) is 2.16. The van der Waals surface area contributed by atoms with Crippen molar-refractivity contribution >= 4 is 6.98 Å². The van der Waals surface area contributed by atoms with Crippen LogP contribution in [0.15, 0.2) is 12.1 Å². The zero-order valence-corrected chi connectivity index (χ0v) is 9.93. The van der Waals surface area contributed by atoms with E-state index in [0.29, 0.717) is 0 Å². The van der Waals surface area contributed by atoms with Gasteiger partial charge in [-0.25, -0.2) is 0 Å². The molecule has 1 saturated heterocycles. The van der Waals surface area contributed by atoms with Crippen molar-refractivity contribution in [2.45, 2.75) is 18.9 Å². The third-order valence-electron chi connectivity index (χ3n) is 3.14. The Balaban J connectivity index is 2.45. The molecule has 1 aliphatic heterocycles. The summed E-state index contributed by atoms with van der Waals surface area (Å²) in [5, 5.41) is 0. The van der Waals surface area contributed by atoms with Crippen LogP contribution in [0.4, 0.5) is 12.9 Å². The molecule has 94 valence electrons. The molecule has 1 heterocycles. The van der Waals surface area contributed by atoms with E-state index in [2.05, 4.69) is 11.5 Å². The monoisotopic (exact) mass is 235 g/mol. The molecule has 1 unspecified atom stereocenters. The summed E-state index contributed by atoms with van der Waals surface area (Å²) in [6, 6.07) is 0.216. The first-order chi connectivity index (χ1) is 7.30. The van der Waals surface area contributed by atoms with E-state index in [1.165, 1.54) is 0 Å². The van der Waals surface area contributed by atoms with Crippen LogP contribution in [0, 0.1) is 0 Å². The van der Waals surface area contributed by atoms with Crippen molar-refractivity contribution in [1.29, 1.82) is 0 Å². The van der Waals surface area contributed by atoms with E-state index >= 15 is 0 Å². The molecule has 0 aromatic carbocycles. The van der Waals surface area contributed by atoms with Gasteiger partial charge < -0.3 is 22.7 Å². The van der Waals surface area contributed by atoms with E-state index in [1.54, 1.807) is 11.9 Å². The zero-order valence-electron chi connectivity index (χ0n) is 9.93. The molecule has 0 aromatic heterocycles. The van der Waals surface area contributed by atoms with Crippen molar-refractivity contribution in [2.75, 3.05) is 33.7 Å². The maximum absolute atomic E-state index is 12.4. The van der Waals surface area contributed by atoms with Crippen LogP contribution in [-0.4, -0.2) is 56.5 Å². The highest BCUT2D eigenvalue weighted by molar-refractivity contribution is 6.66. The van der Waals surface area contributed by atoms with E-state index < -0.39 is 12.4 Å². The van der Waals surface area contributed by atoms with Gasteiger partial charge in [-0.1, -0.05) is 0 Å². The highest BCUT2D eigenvalue weighted by Gasteiger charge is 2.29. The highest BCUT2D eigenvalue weighted by Crippen LogP contribution is 2.21. The molecule has 0 aliphatic carbocycles. The Morgan fingerprint density at radius 3 is 2.62 bits per heavy atom. The quantitative estimate of drug-likeness (QED) is 0.687. The topological polar surface area (TPSA) is 6.48 Å². The fraction of sp³-hybridized carbons (Fsp3) is 0.800. The lowest BCUT2D eigenvalue weighted by Crippen LogP contribution is -2.46. The third kappa shape index (κ3) is 3.83. The van der Waals surface area contributed by atoms with Crippen molar-refractivity contribution in [3.8, 4) is 0 Å². The van der Waals surface area contributed by atoms with Crippen molar-refractivity contribution in [3.05, 3.63) is 12.1 Å². The predicted molar refractivity (Wildman–Crippen MR) is 61.4 cm³/mol. The summed E-state index contributed by atoms with van der Waals surface area (Å²) >= 11 is 0. The van der Waals surface area contributed by atoms with Crippen LogP contribution in [0.1, 0.15) is 12.8 Å². The van der Waals surface area contributed by atoms with Gasteiger partial charge in [0.05, 0.1) is 0 Å². The Kier molecular flexibility index (Phi) is 4.44. The minimum absolute atomic E-state index is 0.0675. The first-order valence-electron chi connectivity index (χ1n) is 5.57. The van der Waals surface area contributed by atoms with Gasteiger partial charge in [-0.15, -0.1) is 12.1 Å². The van der Waals surface area contributed by atoms with Crippen molar-refractivity contribution in [3.63, 3.8) is 0 Å². The highest BCUT2D eigenvalue weighted by atomic mass is 19.4. The summed E-state index contributed by atoms with van der Waals surface area (Å²) in [5.41, 5.74) is -0.601. The molecular formula is C10H19BF3N2-. The van der Waals surface area contributed by atoms with Crippen molar-refractivity contribution < 1.29 is 12.9 Å². The minimum Gasteiger partial charge on any atom is -0.445 e. The maximum Gasteiger partial charge on any atom is 0.506 e. The van der Waals surface area contributed by atoms with Gasteiger partial charge in [0.15, 0.2) is 0 Å². The fourth-order valence-electron chi connectivity index (χ4n) is 2.05. The molecule has 0 N–H and O–H groups in total. The number of halogens is 3. The molecule has 0 spiro atoms. The average molecular weight is 235 g/mol. The Hall–Kier alpha value is -0.485. The lowest BCUT2D eigenvalue weighted by molar-refractivity contribution is 0.142. The van der Waals surface area contributed by atoms with Gasteiger partial charge >= 0.3 is 6.98 Å². The van der Waals surface area contributed by atoms with Crippen LogP contribution in [0.25, 0.3) is 0 Å². The Labute approximate surface area is 95.2 Å². The number of rotatable bonds is 4. The molecule has 2 nitrogen and oxygen atoms in total. The van der Waals surface area contributed by atoms with E-state index in [0.717, 1.165) is 25.9 Å². The molecule has 1 fully saturated rings. The SMILES string of the molecule is C=C(CN(C)C1CCCN(C)C1)[B-](F)(F)F. The Bertz CT molecular complexity index is 255. The fourth-order valence-corrected chi connectivity index (χ4v) is 2.05. The lowest BCUT2D eigenvalue weighted by Gasteiger charge is -2.37. The molecule has 16 heavy (non-hydrogen) atoms.